The molecule has 0 aliphatic heterocycles. The number of hydrogen-bond donors (Lipinski definition) is 0. The number of imidazole rings is 1. The maximum atomic E-state index is 13.9. The highest BCUT2D eigenvalue weighted by Gasteiger charge is 2.47. The van der Waals surface area contributed by atoms with Gasteiger partial charge in [-0.05, 0) is 12.8 Å². The van der Waals surface area contributed by atoms with Crippen molar-refractivity contribution >= 4 is 5.65 Å². The molecule has 1 saturated carbocycles. The minimum atomic E-state index is -1.24. The summed E-state index contributed by atoms with van der Waals surface area (Å²) in [4.78, 5) is 4.29. The van der Waals surface area contributed by atoms with Crippen LogP contribution in [0.5, 0.6) is 5.75 Å². The molecule has 3 rings (SSSR count). The van der Waals surface area contributed by atoms with Crippen molar-refractivity contribution in [1.29, 1.82) is 0 Å². The Bertz CT molecular complexity index is 635. The fourth-order valence-electron chi connectivity index (χ4n) is 1.88. The standard InChI is InChI=1S/C13H11FN2O/c1-3-9-6-10(17-2)12-15-11(8-16(12)7-9)13(14)4-5-13/h1,6-8H,4-5H2,2H3. The molecular formula is C13H11FN2O. The lowest BCUT2D eigenvalue weighted by Crippen LogP contribution is -1.96. The van der Waals surface area contributed by atoms with Crippen molar-refractivity contribution in [3.05, 3.63) is 29.7 Å². The van der Waals surface area contributed by atoms with E-state index >= 15 is 0 Å². The highest BCUT2D eigenvalue weighted by molar-refractivity contribution is 5.58. The van der Waals surface area contributed by atoms with Gasteiger partial charge in [-0.15, -0.1) is 6.42 Å². The van der Waals surface area contributed by atoms with Crippen LogP contribution in [0.4, 0.5) is 4.39 Å². The topological polar surface area (TPSA) is 26.5 Å². The second-order valence-electron chi connectivity index (χ2n) is 4.26. The monoisotopic (exact) mass is 230 g/mol. The molecule has 3 nitrogen and oxygen atoms in total. The second kappa shape index (κ2) is 3.24. The molecule has 0 amide bonds. The molecular weight excluding hydrogens is 219 g/mol. The Morgan fingerprint density at radius 1 is 1.53 bits per heavy atom. The van der Waals surface area contributed by atoms with E-state index in [1.54, 1.807) is 30.0 Å². The van der Waals surface area contributed by atoms with Crippen LogP contribution in [0.25, 0.3) is 5.65 Å². The summed E-state index contributed by atoms with van der Waals surface area (Å²) in [5.41, 5.74) is 0.505. The molecule has 0 aromatic carbocycles. The molecule has 0 unspecified atom stereocenters. The van der Waals surface area contributed by atoms with Crippen molar-refractivity contribution in [2.75, 3.05) is 7.11 Å². The highest BCUT2D eigenvalue weighted by atomic mass is 19.1. The molecule has 2 heterocycles. The third-order valence-corrected chi connectivity index (χ3v) is 3.05. The molecule has 2 aromatic rings. The Balaban J connectivity index is 2.24. The molecule has 17 heavy (non-hydrogen) atoms. The van der Waals surface area contributed by atoms with E-state index in [1.165, 1.54) is 0 Å². The summed E-state index contributed by atoms with van der Waals surface area (Å²) in [7, 11) is 1.55. The minimum absolute atomic E-state index is 0.463. The lowest BCUT2D eigenvalue weighted by Gasteiger charge is -2.02. The van der Waals surface area contributed by atoms with Crippen molar-refractivity contribution in [1.82, 2.24) is 9.38 Å². The van der Waals surface area contributed by atoms with Crippen LogP contribution >= 0.6 is 0 Å². The molecule has 1 aliphatic carbocycles. The summed E-state index contributed by atoms with van der Waals surface area (Å²) in [6.07, 6.45) is 9.88. The first-order chi connectivity index (χ1) is 8.16. The second-order valence-corrected chi connectivity index (χ2v) is 4.26. The van der Waals surface area contributed by atoms with Gasteiger partial charge in [-0.1, -0.05) is 5.92 Å². The summed E-state index contributed by atoms with van der Waals surface area (Å²) >= 11 is 0. The molecule has 86 valence electrons. The van der Waals surface area contributed by atoms with E-state index in [0.717, 1.165) is 0 Å². The number of pyridine rings is 1. The first kappa shape index (κ1) is 10.2. The van der Waals surface area contributed by atoms with E-state index in [9.17, 15) is 4.39 Å². The maximum absolute atomic E-state index is 13.9. The summed E-state index contributed by atoms with van der Waals surface area (Å²) in [5, 5.41) is 0. The first-order valence-corrected chi connectivity index (χ1v) is 5.39. The molecule has 0 N–H and O–H groups in total. The summed E-state index contributed by atoms with van der Waals surface area (Å²) in [6.45, 7) is 0. The van der Waals surface area contributed by atoms with E-state index in [1.807, 2.05) is 0 Å². The molecule has 0 spiro atoms. The van der Waals surface area contributed by atoms with Crippen molar-refractivity contribution < 1.29 is 9.13 Å². The predicted octanol–water partition coefficient (Wildman–Crippen LogP) is 2.28. The van der Waals surface area contributed by atoms with Gasteiger partial charge in [-0.2, -0.15) is 0 Å². The number of hydrogen-bond acceptors (Lipinski definition) is 2. The number of terminal acetylenes is 1. The third-order valence-electron chi connectivity index (χ3n) is 3.05. The summed E-state index contributed by atoms with van der Waals surface area (Å²) < 4.78 is 20.9. The SMILES string of the molecule is C#Cc1cc(OC)c2nc(C3(F)CC3)cn2c1. The normalized spacial score (nSPS) is 16.8. The van der Waals surface area contributed by atoms with Gasteiger partial charge in [0.05, 0.1) is 12.8 Å². The van der Waals surface area contributed by atoms with Crippen molar-refractivity contribution in [3.8, 4) is 18.1 Å². The Morgan fingerprint density at radius 3 is 2.88 bits per heavy atom. The van der Waals surface area contributed by atoms with E-state index < -0.39 is 5.67 Å². The van der Waals surface area contributed by atoms with E-state index in [0.29, 0.717) is 35.5 Å². The quantitative estimate of drug-likeness (QED) is 0.740. The molecule has 0 atom stereocenters. The van der Waals surface area contributed by atoms with Gasteiger partial charge in [0.25, 0.3) is 0 Å². The largest absolute Gasteiger partial charge is 0.493 e. The van der Waals surface area contributed by atoms with Gasteiger partial charge in [0.15, 0.2) is 17.1 Å². The summed E-state index contributed by atoms with van der Waals surface area (Å²) in [6, 6.07) is 1.73. The molecule has 4 heteroatoms. The molecule has 0 radical (unpaired) electrons. The Morgan fingerprint density at radius 2 is 2.29 bits per heavy atom. The molecule has 0 saturated heterocycles. The smallest absolute Gasteiger partial charge is 0.180 e. The Kier molecular flexibility index (Phi) is 1.93. The zero-order valence-corrected chi connectivity index (χ0v) is 9.40. The lowest BCUT2D eigenvalue weighted by molar-refractivity contribution is 0.310. The van der Waals surface area contributed by atoms with Crippen LogP contribution in [-0.2, 0) is 5.67 Å². The van der Waals surface area contributed by atoms with Gasteiger partial charge in [0, 0.05) is 24.0 Å². The molecule has 0 bridgehead atoms. The molecule has 2 aromatic heterocycles. The number of fused-ring (bicyclic) bond motifs is 1. The van der Waals surface area contributed by atoms with Crippen LogP contribution in [-0.4, -0.2) is 16.5 Å². The predicted molar refractivity (Wildman–Crippen MR) is 61.7 cm³/mol. The average Bonchev–Trinajstić information content (AvgIpc) is 2.94. The van der Waals surface area contributed by atoms with Crippen LogP contribution in [0.1, 0.15) is 24.1 Å². The number of methoxy groups -OCH3 is 1. The number of ether oxygens (including phenoxy) is 1. The van der Waals surface area contributed by atoms with Gasteiger partial charge in [0.2, 0.25) is 0 Å². The number of alkyl halides is 1. The van der Waals surface area contributed by atoms with Crippen LogP contribution in [0.15, 0.2) is 18.5 Å². The van der Waals surface area contributed by atoms with E-state index in [-0.39, 0.29) is 0 Å². The van der Waals surface area contributed by atoms with E-state index in [4.69, 9.17) is 11.2 Å². The maximum Gasteiger partial charge on any atom is 0.180 e. The van der Waals surface area contributed by atoms with Crippen LogP contribution < -0.4 is 4.74 Å². The fourth-order valence-corrected chi connectivity index (χ4v) is 1.88. The van der Waals surface area contributed by atoms with Crippen molar-refractivity contribution in [2.24, 2.45) is 0 Å². The van der Waals surface area contributed by atoms with Gasteiger partial charge in [-0.25, -0.2) is 9.37 Å². The first-order valence-electron chi connectivity index (χ1n) is 5.39. The highest BCUT2D eigenvalue weighted by Crippen LogP contribution is 2.49. The minimum Gasteiger partial charge on any atom is -0.493 e. The van der Waals surface area contributed by atoms with E-state index in [2.05, 4.69) is 10.9 Å². The number of aromatic nitrogens is 2. The third kappa shape index (κ3) is 1.47. The van der Waals surface area contributed by atoms with Crippen molar-refractivity contribution in [3.63, 3.8) is 0 Å². The Hall–Kier alpha value is -2.02. The van der Waals surface area contributed by atoms with Crippen LogP contribution in [0, 0.1) is 12.3 Å². The zero-order chi connectivity index (χ0) is 12.0. The average molecular weight is 230 g/mol. The van der Waals surface area contributed by atoms with Crippen molar-refractivity contribution in [2.45, 2.75) is 18.5 Å². The van der Waals surface area contributed by atoms with Crippen LogP contribution in [0.3, 0.4) is 0 Å². The number of rotatable bonds is 2. The fraction of sp³-hybridized carbons (Fsp3) is 0.308. The van der Waals surface area contributed by atoms with Gasteiger partial charge >= 0.3 is 0 Å². The van der Waals surface area contributed by atoms with Gasteiger partial charge in [0.1, 0.15) is 0 Å². The zero-order valence-electron chi connectivity index (χ0n) is 9.40. The Labute approximate surface area is 98.2 Å². The van der Waals surface area contributed by atoms with Gasteiger partial charge < -0.3 is 9.14 Å². The number of halogens is 1. The van der Waals surface area contributed by atoms with Crippen LogP contribution in [0.2, 0.25) is 0 Å². The number of nitrogens with zero attached hydrogens (tertiary/aromatic N) is 2. The molecule has 1 aliphatic rings. The van der Waals surface area contributed by atoms with Gasteiger partial charge in [-0.3, -0.25) is 0 Å². The summed E-state index contributed by atoms with van der Waals surface area (Å²) in [5.74, 6) is 3.10. The molecule has 1 fully saturated rings. The lowest BCUT2D eigenvalue weighted by atomic mass is 10.3.